The van der Waals surface area contributed by atoms with E-state index in [1.165, 1.54) is 6.42 Å². The van der Waals surface area contributed by atoms with Crippen LogP contribution in [0.2, 0.25) is 0 Å². The molecule has 0 aliphatic rings. The highest BCUT2D eigenvalue weighted by Crippen LogP contribution is 2.20. The van der Waals surface area contributed by atoms with Crippen LogP contribution in [0.3, 0.4) is 0 Å². The summed E-state index contributed by atoms with van der Waals surface area (Å²) < 4.78 is 0. The van der Waals surface area contributed by atoms with Gasteiger partial charge in [0, 0.05) is 0 Å². The lowest BCUT2D eigenvalue weighted by molar-refractivity contribution is -0.112. The second-order valence-corrected chi connectivity index (χ2v) is 4.85. The van der Waals surface area contributed by atoms with Crippen LogP contribution in [-0.4, -0.2) is 10.6 Å². The van der Waals surface area contributed by atoms with E-state index in [0.717, 1.165) is 12.8 Å². The molecule has 0 radical (unpaired) electrons. The summed E-state index contributed by atoms with van der Waals surface area (Å²) in [5.74, 6) is 0.901. The zero-order chi connectivity index (χ0) is 10.4. The van der Waals surface area contributed by atoms with Crippen molar-refractivity contribution < 1.29 is 4.79 Å². The van der Waals surface area contributed by atoms with E-state index in [9.17, 15) is 4.79 Å². The van der Waals surface area contributed by atoms with Gasteiger partial charge in [0.25, 0.3) is 0 Å². The van der Waals surface area contributed by atoms with Crippen LogP contribution in [0.15, 0.2) is 0 Å². The Morgan fingerprint density at radius 1 is 1.23 bits per heavy atom. The molecular weight excluding hydrogens is 207 g/mol. The maximum absolute atomic E-state index is 10.7. The van der Waals surface area contributed by atoms with E-state index in [0.29, 0.717) is 5.92 Å². The van der Waals surface area contributed by atoms with Crippen molar-refractivity contribution >= 4 is 28.4 Å². The molecule has 13 heavy (non-hydrogen) atoms. The van der Waals surface area contributed by atoms with E-state index in [2.05, 4.69) is 13.8 Å². The van der Waals surface area contributed by atoms with Gasteiger partial charge in [-0.05, 0) is 29.9 Å². The average Bonchev–Trinajstić information content (AvgIpc) is 2.02. The fourth-order valence-electron chi connectivity index (χ4n) is 1.22. The van der Waals surface area contributed by atoms with Gasteiger partial charge in [0.05, 0.1) is 0 Å². The van der Waals surface area contributed by atoms with Crippen molar-refractivity contribution in [3.8, 4) is 0 Å². The summed E-state index contributed by atoms with van der Waals surface area (Å²) in [5.41, 5.74) is 0. The van der Waals surface area contributed by atoms with Crippen LogP contribution in [0, 0.1) is 11.8 Å². The monoisotopic (exact) mass is 224 g/mol. The topological polar surface area (TPSA) is 17.1 Å². The number of hydrogen-bond donors (Lipinski definition) is 0. The molecule has 78 valence electrons. The van der Waals surface area contributed by atoms with Crippen molar-refractivity contribution in [1.82, 2.24) is 0 Å². The van der Waals surface area contributed by atoms with Gasteiger partial charge in [-0.1, -0.05) is 33.6 Å². The standard InChI is InChI=1S/C10H18Cl2O/c1-7(2)5-4-6-8(3)9(11)10(12)13/h7-9H,4-6H2,1-3H3/t8-,9-/m0/s1. The maximum Gasteiger partial charge on any atom is 0.239 e. The highest BCUT2D eigenvalue weighted by atomic mass is 35.5. The summed E-state index contributed by atoms with van der Waals surface area (Å²) in [6, 6.07) is 0. The molecule has 0 heterocycles. The van der Waals surface area contributed by atoms with Gasteiger partial charge in [-0.2, -0.15) is 0 Å². The van der Waals surface area contributed by atoms with Gasteiger partial charge in [-0.3, -0.25) is 4.79 Å². The number of carbonyl (C=O) groups excluding carboxylic acids is 1. The molecule has 1 nitrogen and oxygen atoms in total. The summed E-state index contributed by atoms with van der Waals surface area (Å²) in [5, 5.41) is -0.951. The Bertz CT molecular complexity index is 157. The van der Waals surface area contributed by atoms with E-state index in [-0.39, 0.29) is 5.92 Å². The lowest BCUT2D eigenvalue weighted by atomic mass is 9.97. The predicted molar refractivity (Wildman–Crippen MR) is 58.4 cm³/mol. The molecule has 0 saturated heterocycles. The number of carbonyl (C=O) groups is 1. The van der Waals surface area contributed by atoms with Crippen LogP contribution in [0.25, 0.3) is 0 Å². The quantitative estimate of drug-likeness (QED) is 0.496. The molecule has 0 spiro atoms. The summed E-state index contributed by atoms with van der Waals surface area (Å²) in [4.78, 5) is 10.7. The molecule has 0 aromatic rings. The molecule has 0 aliphatic heterocycles. The van der Waals surface area contributed by atoms with E-state index >= 15 is 0 Å². The van der Waals surface area contributed by atoms with Crippen molar-refractivity contribution in [1.29, 1.82) is 0 Å². The first-order chi connectivity index (χ1) is 5.95. The van der Waals surface area contributed by atoms with Gasteiger partial charge in [0.1, 0.15) is 5.38 Å². The number of hydrogen-bond acceptors (Lipinski definition) is 1. The molecule has 0 aromatic heterocycles. The lowest BCUT2D eigenvalue weighted by Crippen LogP contribution is -2.18. The molecule has 0 amide bonds. The van der Waals surface area contributed by atoms with Crippen molar-refractivity contribution in [2.75, 3.05) is 0 Å². The van der Waals surface area contributed by atoms with Gasteiger partial charge >= 0.3 is 0 Å². The van der Waals surface area contributed by atoms with Crippen molar-refractivity contribution in [3.63, 3.8) is 0 Å². The van der Waals surface area contributed by atoms with E-state index in [1.807, 2.05) is 6.92 Å². The minimum absolute atomic E-state index is 0.186. The largest absolute Gasteiger partial charge is 0.280 e. The predicted octanol–water partition coefficient (Wildman–Crippen LogP) is 3.82. The molecule has 0 fully saturated rings. The van der Waals surface area contributed by atoms with Gasteiger partial charge in [-0.25, -0.2) is 0 Å². The zero-order valence-corrected chi connectivity index (χ0v) is 10.0. The first-order valence-corrected chi connectivity index (χ1v) is 5.60. The van der Waals surface area contributed by atoms with Crippen LogP contribution in [0.5, 0.6) is 0 Å². The molecule has 0 rings (SSSR count). The molecule has 3 heteroatoms. The number of halogens is 2. The molecule has 0 aliphatic carbocycles. The molecule has 0 saturated carbocycles. The molecular formula is C10H18Cl2O. The van der Waals surface area contributed by atoms with Crippen molar-refractivity contribution in [3.05, 3.63) is 0 Å². The summed E-state index contributed by atoms with van der Waals surface area (Å²) in [6.45, 7) is 6.35. The second-order valence-electron chi connectivity index (χ2n) is 4.01. The molecule has 0 N–H and O–H groups in total. The number of rotatable bonds is 6. The third-order valence-corrected chi connectivity index (χ3v) is 3.13. The molecule has 0 aromatic carbocycles. The Balaban J connectivity index is 3.61. The molecule has 0 unspecified atom stereocenters. The molecule has 0 bridgehead atoms. The Morgan fingerprint density at radius 3 is 2.15 bits per heavy atom. The smallest absolute Gasteiger partial charge is 0.239 e. The Kier molecular flexibility index (Phi) is 6.79. The van der Waals surface area contributed by atoms with Gasteiger partial charge in [0.2, 0.25) is 5.24 Å². The SMILES string of the molecule is CC(C)CCC[C@H](C)[C@H](Cl)C(=O)Cl. The summed E-state index contributed by atoms with van der Waals surface area (Å²) >= 11 is 11.1. The van der Waals surface area contributed by atoms with Crippen molar-refractivity contribution in [2.45, 2.75) is 45.4 Å². The highest BCUT2D eigenvalue weighted by molar-refractivity contribution is 6.69. The van der Waals surface area contributed by atoms with E-state index in [4.69, 9.17) is 23.2 Å². The molecule has 2 atom stereocenters. The minimum Gasteiger partial charge on any atom is -0.280 e. The maximum atomic E-state index is 10.7. The Morgan fingerprint density at radius 2 is 1.77 bits per heavy atom. The van der Waals surface area contributed by atoms with Crippen LogP contribution in [-0.2, 0) is 4.79 Å². The summed E-state index contributed by atoms with van der Waals surface area (Å²) in [6.07, 6.45) is 3.28. The fraction of sp³-hybridized carbons (Fsp3) is 0.900. The lowest BCUT2D eigenvalue weighted by Gasteiger charge is -2.14. The first kappa shape index (κ1) is 13.2. The number of alkyl halides is 1. The third-order valence-electron chi connectivity index (χ3n) is 2.16. The van der Waals surface area contributed by atoms with Crippen LogP contribution < -0.4 is 0 Å². The van der Waals surface area contributed by atoms with E-state index < -0.39 is 10.6 Å². The average molecular weight is 225 g/mol. The third kappa shape index (κ3) is 6.34. The normalized spacial score (nSPS) is 15.8. The Hall–Kier alpha value is 0.250. The van der Waals surface area contributed by atoms with Crippen LogP contribution >= 0.6 is 23.2 Å². The zero-order valence-electron chi connectivity index (χ0n) is 8.52. The van der Waals surface area contributed by atoms with Crippen LogP contribution in [0.4, 0.5) is 0 Å². The fourth-order valence-corrected chi connectivity index (χ4v) is 1.56. The van der Waals surface area contributed by atoms with Gasteiger partial charge in [-0.15, -0.1) is 11.6 Å². The summed E-state index contributed by atoms with van der Waals surface area (Å²) in [7, 11) is 0. The Labute approximate surface area is 90.8 Å². The van der Waals surface area contributed by atoms with Crippen molar-refractivity contribution in [2.24, 2.45) is 11.8 Å². The van der Waals surface area contributed by atoms with Gasteiger partial charge < -0.3 is 0 Å². The van der Waals surface area contributed by atoms with Crippen LogP contribution in [0.1, 0.15) is 40.0 Å². The highest BCUT2D eigenvalue weighted by Gasteiger charge is 2.20. The van der Waals surface area contributed by atoms with Gasteiger partial charge in [0.15, 0.2) is 0 Å². The first-order valence-electron chi connectivity index (χ1n) is 4.78. The minimum atomic E-state index is -0.520. The second kappa shape index (κ2) is 6.67. The van der Waals surface area contributed by atoms with E-state index in [1.54, 1.807) is 0 Å².